The van der Waals surface area contributed by atoms with E-state index in [1.54, 1.807) is 30.3 Å². The Labute approximate surface area is 129 Å². The lowest BCUT2D eigenvalue weighted by Crippen LogP contribution is -2.34. The number of carbonyl (C=O) groups is 1. The number of amides is 1. The molecule has 2 heterocycles. The Morgan fingerprint density at radius 1 is 1.33 bits per heavy atom. The molecule has 0 saturated carbocycles. The highest BCUT2D eigenvalue weighted by atomic mass is 32.2. The number of rotatable bonds is 6. The minimum atomic E-state index is -0.0923. The highest BCUT2D eigenvalue weighted by molar-refractivity contribution is 7.99. The number of nitrogens with zero attached hydrogens (tertiary/aromatic N) is 1. The quantitative estimate of drug-likeness (QED) is 0.829. The fourth-order valence-electron chi connectivity index (χ4n) is 1.96. The highest BCUT2D eigenvalue weighted by Gasteiger charge is 2.16. The van der Waals surface area contributed by atoms with Crippen molar-refractivity contribution in [2.75, 3.05) is 0 Å². The number of pyridine rings is 1. The third-order valence-corrected chi connectivity index (χ3v) is 3.85. The van der Waals surface area contributed by atoms with Crippen LogP contribution >= 0.6 is 11.8 Å². The number of aromatic nitrogens is 1. The molecule has 0 aromatic carbocycles. The number of hydrogen-bond donors (Lipinski definition) is 1. The van der Waals surface area contributed by atoms with E-state index < -0.39 is 0 Å². The topological polar surface area (TPSA) is 55.1 Å². The van der Waals surface area contributed by atoms with Crippen LogP contribution in [0, 0.1) is 0 Å². The van der Waals surface area contributed by atoms with E-state index in [0.29, 0.717) is 17.2 Å². The van der Waals surface area contributed by atoms with Crippen LogP contribution in [-0.4, -0.2) is 22.2 Å². The highest BCUT2D eigenvalue weighted by Crippen LogP contribution is 2.24. The van der Waals surface area contributed by atoms with Crippen LogP contribution in [-0.2, 0) is 6.42 Å². The second-order valence-electron chi connectivity index (χ2n) is 5.18. The third-order valence-electron chi connectivity index (χ3n) is 2.83. The normalized spacial score (nSPS) is 12.4. The monoisotopic (exact) mass is 304 g/mol. The van der Waals surface area contributed by atoms with Gasteiger partial charge in [-0.3, -0.25) is 4.79 Å². The summed E-state index contributed by atoms with van der Waals surface area (Å²) in [6, 6.07) is 7.36. The first-order valence-electron chi connectivity index (χ1n) is 7.01. The molecular weight excluding hydrogens is 284 g/mol. The zero-order valence-electron chi connectivity index (χ0n) is 12.5. The molecule has 0 aliphatic rings. The van der Waals surface area contributed by atoms with Gasteiger partial charge in [0.15, 0.2) is 0 Å². The van der Waals surface area contributed by atoms with Gasteiger partial charge in [0, 0.05) is 23.9 Å². The number of nitrogens with one attached hydrogen (secondary N) is 1. The largest absolute Gasteiger partial charge is 0.469 e. The maximum atomic E-state index is 12.4. The van der Waals surface area contributed by atoms with Crippen LogP contribution < -0.4 is 5.32 Å². The van der Waals surface area contributed by atoms with Gasteiger partial charge in [-0.2, -0.15) is 0 Å². The smallest absolute Gasteiger partial charge is 0.254 e. The van der Waals surface area contributed by atoms with E-state index in [4.69, 9.17) is 4.42 Å². The van der Waals surface area contributed by atoms with Crippen LogP contribution in [0.1, 0.15) is 36.9 Å². The Kier molecular flexibility index (Phi) is 5.44. The molecule has 0 aliphatic heterocycles. The summed E-state index contributed by atoms with van der Waals surface area (Å²) >= 11 is 1.60. The standard InChI is InChI=1S/C16H20N2O2S/c1-11(2)21-16-14(7-4-8-17-16)15(19)18-12(3)10-13-6-5-9-20-13/h4-9,11-12H,10H2,1-3H3,(H,18,19). The first-order chi connectivity index (χ1) is 10.1. The third kappa shape index (κ3) is 4.63. The number of carbonyl (C=O) groups excluding carboxylic acids is 1. The molecule has 0 fully saturated rings. The van der Waals surface area contributed by atoms with E-state index in [1.165, 1.54) is 0 Å². The molecule has 1 N–H and O–H groups in total. The minimum Gasteiger partial charge on any atom is -0.469 e. The molecule has 1 atom stereocenters. The Morgan fingerprint density at radius 3 is 2.81 bits per heavy atom. The number of hydrogen-bond acceptors (Lipinski definition) is 4. The summed E-state index contributed by atoms with van der Waals surface area (Å²) in [6.45, 7) is 6.13. The number of furan rings is 1. The van der Waals surface area contributed by atoms with Crippen molar-refractivity contribution in [2.24, 2.45) is 0 Å². The van der Waals surface area contributed by atoms with Gasteiger partial charge in [0.2, 0.25) is 0 Å². The summed E-state index contributed by atoms with van der Waals surface area (Å²) in [5.74, 6) is 0.774. The Bertz CT molecular complexity index is 582. The van der Waals surface area contributed by atoms with Gasteiger partial charge in [0.1, 0.15) is 10.8 Å². The summed E-state index contributed by atoms with van der Waals surface area (Å²) in [5, 5.41) is 4.15. The lowest BCUT2D eigenvalue weighted by atomic mass is 10.2. The van der Waals surface area contributed by atoms with Crippen LogP contribution in [0.2, 0.25) is 0 Å². The van der Waals surface area contributed by atoms with Crippen molar-refractivity contribution >= 4 is 17.7 Å². The summed E-state index contributed by atoms with van der Waals surface area (Å²) in [4.78, 5) is 16.7. The Balaban J connectivity index is 2.02. The minimum absolute atomic E-state index is 0.000700. The lowest BCUT2D eigenvalue weighted by Gasteiger charge is -2.14. The van der Waals surface area contributed by atoms with Gasteiger partial charge in [-0.25, -0.2) is 4.98 Å². The molecule has 1 amide bonds. The molecule has 4 nitrogen and oxygen atoms in total. The van der Waals surface area contributed by atoms with Gasteiger partial charge in [0.05, 0.1) is 11.8 Å². The molecule has 21 heavy (non-hydrogen) atoms. The van der Waals surface area contributed by atoms with Crippen molar-refractivity contribution in [3.8, 4) is 0 Å². The van der Waals surface area contributed by atoms with Crippen molar-refractivity contribution in [2.45, 2.75) is 43.5 Å². The first-order valence-corrected chi connectivity index (χ1v) is 7.89. The maximum Gasteiger partial charge on any atom is 0.254 e. The molecule has 0 radical (unpaired) electrons. The van der Waals surface area contributed by atoms with Crippen LogP contribution in [0.15, 0.2) is 46.2 Å². The Hall–Kier alpha value is -1.75. The van der Waals surface area contributed by atoms with Gasteiger partial charge in [0.25, 0.3) is 5.91 Å². The molecule has 2 rings (SSSR count). The van der Waals surface area contributed by atoms with Crippen molar-refractivity contribution in [3.05, 3.63) is 48.0 Å². The molecule has 0 aliphatic carbocycles. The molecule has 1 unspecified atom stereocenters. The Morgan fingerprint density at radius 2 is 2.14 bits per heavy atom. The van der Waals surface area contributed by atoms with Gasteiger partial charge in [-0.15, -0.1) is 11.8 Å². The summed E-state index contributed by atoms with van der Waals surface area (Å²) in [5.41, 5.74) is 0.627. The van der Waals surface area contributed by atoms with Gasteiger partial charge < -0.3 is 9.73 Å². The SMILES string of the molecule is CC(Cc1ccco1)NC(=O)c1cccnc1SC(C)C. The van der Waals surface area contributed by atoms with Crippen LogP contribution in [0.3, 0.4) is 0 Å². The fraction of sp³-hybridized carbons (Fsp3) is 0.375. The molecule has 0 spiro atoms. The van der Waals surface area contributed by atoms with E-state index in [9.17, 15) is 4.79 Å². The number of thioether (sulfide) groups is 1. The van der Waals surface area contributed by atoms with Crippen LogP contribution in [0.4, 0.5) is 0 Å². The van der Waals surface area contributed by atoms with E-state index in [0.717, 1.165) is 10.8 Å². The van der Waals surface area contributed by atoms with Crippen molar-refractivity contribution in [1.29, 1.82) is 0 Å². The summed E-state index contributed by atoms with van der Waals surface area (Å²) < 4.78 is 5.30. The zero-order valence-corrected chi connectivity index (χ0v) is 13.3. The molecule has 0 saturated heterocycles. The van der Waals surface area contributed by atoms with Gasteiger partial charge >= 0.3 is 0 Å². The van der Waals surface area contributed by atoms with Crippen molar-refractivity contribution < 1.29 is 9.21 Å². The molecule has 112 valence electrons. The molecular formula is C16H20N2O2S. The molecule has 2 aromatic heterocycles. The van der Waals surface area contributed by atoms with Gasteiger partial charge in [-0.1, -0.05) is 13.8 Å². The summed E-state index contributed by atoms with van der Waals surface area (Å²) in [6.07, 6.45) is 4.03. The van der Waals surface area contributed by atoms with Crippen molar-refractivity contribution in [3.63, 3.8) is 0 Å². The van der Waals surface area contributed by atoms with Crippen molar-refractivity contribution in [1.82, 2.24) is 10.3 Å². The zero-order chi connectivity index (χ0) is 15.2. The van der Waals surface area contributed by atoms with E-state index in [1.807, 2.05) is 25.1 Å². The van der Waals surface area contributed by atoms with Crippen LogP contribution in [0.25, 0.3) is 0 Å². The lowest BCUT2D eigenvalue weighted by molar-refractivity contribution is 0.0935. The fourth-order valence-corrected chi connectivity index (χ4v) is 2.82. The summed E-state index contributed by atoms with van der Waals surface area (Å²) in [7, 11) is 0. The predicted molar refractivity (Wildman–Crippen MR) is 84.6 cm³/mol. The second kappa shape index (κ2) is 7.31. The molecule has 5 heteroatoms. The van der Waals surface area contributed by atoms with Crippen LogP contribution in [0.5, 0.6) is 0 Å². The predicted octanol–water partition coefficient (Wildman–Crippen LogP) is 3.54. The maximum absolute atomic E-state index is 12.4. The van der Waals surface area contributed by atoms with E-state index in [-0.39, 0.29) is 11.9 Å². The van der Waals surface area contributed by atoms with E-state index in [2.05, 4.69) is 24.1 Å². The molecule has 0 bridgehead atoms. The first kappa shape index (κ1) is 15.6. The van der Waals surface area contributed by atoms with E-state index >= 15 is 0 Å². The average Bonchev–Trinajstić information content (AvgIpc) is 2.91. The molecule has 2 aromatic rings. The van der Waals surface area contributed by atoms with Gasteiger partial charge in [-0.05, 0) is 31.2 Å². The average molecular weight is 304 g/mol. The second-order valence-corrected chi connectivity index (χ2v) is 6.75.